The molecule has 0 spiro atoms. The van der Waals surface area contributed by atoms with Gasteiger partial charge in [0, 0.05) is 5.56 Å². The predicted molar refractivity (Wildman–Crippen MR) is 72.8 cm³/mol. The number of hydrogen-bond donors (Lipinski definition) is 5. The minimum atomic E-state index is -1.33. The fourth-order valence-corrected chi connectivity index (χ4v) is 1.68. The molecule has 0 saturated carbocycles. The highest BCUT2D eigenvalue weighted by atomic mass is 16.4. The molecule has 21 heavy (non-hydrogen) atoms. The first-order valence-corrected chi connectivity index (χ1v) is 5.78. The van der Waals surface area contributed by atoms with E-state index in [4.69, 9.17) is 10.2 Å². The highest BCUT2D eigenvalue weighted by Crippen LogP contribution is 2.29. The number of carbonyl (C=O) groups excluding carboxylic acids is 1. The van der Waals surface area contributed by atoms with Crippen molar-refractivity contribution in [1.29, 1.82) is 0 Å². The molecule has 0 aliphatic heterocycles. The smallest absolute Gasteiger partial charge is 0.339 e. The van der Waals surface area contributed by atoms with Crippen molar-refractivity contribution in [3.05, 3.63) is 47.5 Å². The van der Waals surface area contributed by atoms with Crippen molar-refractivity contribution in [2.24, 2.45) is 0 Å². The molecule has 108 valence electrons. The van der Waals surface area contributed by atoms with E-state index in [0.29, 0.717) is 0 Å². The molecule has 0 unspecified atom stereocenters. The van der Waals surface area contributed by atoms with Gasteiger partial charge in [0.25, 0.3) is 5.91 Å². The Labute approximate surface area is 118 Å². The summed E-state index contributed by atoms with van der Waals surface area (Å²) in [7, 11) is 0. The Hall–Kier alpha value is -3.22. The number of para-hydroxylation sites is 1. The number of phenolic OH excluding ortho intramolecular Hbond substituents is 2. The summed E-state index contributed by atoms with van der Waals surface area (Å²) in [5.41, 5.74) is -0.390. The number of amides is 1. The summed E-state index contributed by atoms with van der Waals surface area (Å²) in [5, 5.41) is 39.5. The highest BCUT2D eigenvalue weighted by molar-refractivity contribution is 6.06. The van der Waals surface area contributed by atoms with Crippen LogP contribution in [0.2, 0.25) is 0 Å². The molecule has 0 bridgehead atoms. The quantitative estimate of drug-likeness (QED) is 0.548. The molecule has 0 atom stereocenters. The van der Waals surface area contributed by atoms with E-state index in [2.05, 4.69) is 5.32 Å². The van der Waals surface area contributed by atoms with Crippen LogP contribution in [-0.4, -0.2) is 32.3 Å². The van der Waals surface area contributed by atoms with Crippen LogP contribution in [0, 0.1) is 0 Å². The van der Waals surface area contributed by atoms with Crippen LogP contribution in [0.4, 0.5) is 5.69 Å². The Balaban J connectivity index is 2.29. The van der Waals surface area contributed by atoms with Crippen molar-refractivity contribution in [3.8, 4) is 17.2 Å². The molecule has 2 rings (SSSR count). The number of carboxylic acids is 1. The van der Waals surface area contributed by atoms with E-state index in [1.54, 1.807) is 0 Å². The number of benzene rings is 2. The maximum atomic E-state index is 11.9. The van der Waals surface area contributed by atoms with Crippen molar-refractivity contribution in [3.63, 3.8) is 0 Å². The lowest BCUT2D eigenvalue weighted by atomic mass is 10.1. The van der Waals surface area contributed by atoms with E-state index < -0.39 is 23.4 Å². The van der Waals surface area contributed by atoms with Gasteiger partial charge < -0.3 is 25.7 Å². The standard InChI is InChI=1S/C14H11NO6/c16-10-5-4-7(6-11(10)17)13(19)15-9-3-1-2-8(12(9)18)14(20)21/h1-6,16-18H,(H,15,19)(H,20,21). The van der Waals surface area contributed by atoms with Crippen LogP contribution in [0.15, 0.2) is 36.4 Å². The molecule has 0 fully saturated rings. The topological polar surface area (TPSA) is 127 Å². The number of carbonyl (C=O) groups is 2. The van der Waals surface area contributed by atoms with Crippen molar-refractivity contribution < 1.29 is 30.0 Å². The Bertz CT molecular complexity index is 725. The van der Waals surface area contributed by atoms with E-state index in [9.17, 15) is 19.8 Å². The maximum Gasteiger partial charge on any atom is 0.339 e. The van der Waals surface area contributed by atoms with Gasteiger partial charge >= 0.3 is 5.97 Å². The molecule has 0 aliphatic carbocycles. The third-order valence-electron chi connectivity index (χ3n) is 2.75. The van der Waals surface area contributed by atoms with E-state index in [1.165, 1.54) is 24.3 Å². The van der Waals surface area contributed by atoms with Crippen LogP contribution in [0.5, 0.6) is 17.2 Å². The van der Waals surface area contributed by atoms with Crippen LogP contribution in [0.3, 0.4) is 0 Å². The number of aromatic carboxylic acids is 1. The molecule has 0 saturated heterocycles. The number of carboxylic acid groups (broad SMARTS) is 1. The van der Waals surface area contributed by atoms with Gasteiger partial charge in [0.05, 0.1) is 5.69 Å². The molecule has 0 aliphatic rings. The van der Waals surface area contributed by atoms with Gasteiger partial charge in [-0.1, -0.05) is 6.07 Å². The maximum absolute atomic E-state index is 11.9. The van der Waals surface area contributed by atoms with Gasteiger partial charge in [0.1, 0.15) is 5.56 Å². The Morgan fingerprint density at radius 3 is 2.29 bits per heavy atom. The van der Waals surface area contributed by atoms with E-state index in [0.717, 1.165) is 12.1 Å². The minimum Gasteiger partial charge on any atom is -0.505 e. The van der Waals surface area contributed by atoms with Gasteiger partial charge in [-0.25, -0.2) is 4.79 Å². The monoisotopic (exact) mass is 289 g/mol. The first kappa shape index (κ1) is 14.2. The molecule has 7 nitrogen and oxygen atoms in total. The minimum absolute atomic E-state index is 0.0328. The lowest BCUT2D eigenvalue weighted by Crippen LogP contribution is -2.12. The summed E-state index contributed by atoms with van der Waals surface area (Å²) in [6, 6.07) is 7.34. The molecule has 2 aromatic rings. The third kappa shape index (κ3) is 2.86. The second kappa shape index (κ2) is 5.41. The van der Waals surface area contributed by atoms with Gasteiger partial charge in [-0.3, -0.25) is 4.79 Å². The van der Waals surface area contributed by atoms with Crippen molar-refractivity contribution in [2.75, 3.05) is 5.32 Å². The summed E-state index contributed by atoms with van der Waals surface area (Å²) in [4.78, 5) is 22.8. The highest BCUT2D eigenvalue weighted by Gasteiger charge is 2.16. The van der Waals surface area contributed by atoms with Crippen LogP contribution in [-0.2, 0) is 0 Å². The zero-order valence-corrected chi connectivity index (χ0v) is 10.6. The SMILES string of the molecule is O=C(Nc1cccc(C(=O)O)c1O)c1ccc(O)c(O)c1. The number of phenols is 3. The molecule has 5 N–H and O–H groups in total. The van der Waals surface area contributed by atoms with Crippen molar-refractivity contribution >= 4 is 17.6 Å². The fourth-order valence-electron chi connectivity index (χ4n) is 1.68. The lowest BCUT2D eigenvalue weighted by molar-refractivity contribution is 0.0693. The summed E-state index contributed by atoms with van der Waals surface area (Å²) in [6.07, 6.45) is 0. The Kier molecular flexibility index (Phi) is 3.66. The van der Waals surface area contributed by atoms with Gasteiger partial charge in [-0.05, 0) is 30.3 Å². The predicted octanol–water partition coefficient (Wildman–Crippen LogP) is 1.75. The second-order valence-electron chi connectivity index (χ2n) is 4.16. The third-order valence-corrected chi connectivity index (χ3v) is 2.75. The second-order valence-corrected chi connectivity index (χ2v) is 4.16. The molecule has 0 radical (unpaired) electrons. The zero-order valence-electron chi connectivity index (χ0n) is 10.6. The average Bonchev–Trinajstić information content (AvgIpc) is 2.43. The van der Waals surface area contributed by atoms with Gasteiger partial charge in [0.2, 0.25) is 0 Å². The first-order chi connectivity index (χ1) is 9.90. The average molecular weight is 289 g/mol. The number of aromatic hydroxyl groups is 3. The van der Waals surface area contributed by atoms with Crippen LogP contribution in [0.25, 0.3) is 0 Å². The van der Waals surface area contributed by atoms with Crippen LogP contribution >= 0.6 is 0 Å². The van der Waals surface area contributed by atoms with Gasteiger partial charge in [-0.2, -0.15) is 0 Å². The molecule has 1 amide bonds. The normalized spacial score (nSPS) is 10.1. The number of anilines is 1. The van der Waals surface area contributed by atoms with Crippen molar-refractivity contribution in [2.45, 2.75) is 0 Å². The largest absolute Gasteiger partial charge is 0.505 e. The summed E-state index contributed by atoms with van der Waals surface area (Å²) < 4.78 is 0. The number of hydrogen-bond acceptors (Lipinski definition) is 5. The molecule has 0 heterocycles. The first-order valence-electron chi connectivity index (χ1n) is 5.78. The fraction of sp³-hybridized carbons (Fsp3) is 0. The van der Waals surface area contributed by atoms with Crippen molar-refractivity contribution in [1.82, 2.24) is 0 Å². The molecule has 0 aromatic heterocycles. The molecule has 2 aromatic carbocycles. The molecule has 7 heteroatoms. The molecular formula is C14H11NO6. The van der Waals surface area contributed by atoms with Gasteiger partial charge in [0.15, 0.2) is 17.2 Å². The number of rotatable bonds is 3. The summed E-state index contributed by atoms with van der Waals surface area (Å²) in [5.74, 6) is -3.41. The van der Waals surface area contributed by atoms with Crippen LogP contribution in [0.1, 0.15) is 20.7 Å². The lowest BCUT2D eigenvalue weighted by Gasteiger charge is -2.09. The number of nitrogens with one attached hydrogen (secondary N) is 1. The van der Waals surface area contributed by atoms with E-state index >= 15 is 0 Å². The Morgan fingerprint density at radius 2 is 1.67 bits per heavy atom. The van der Waals surface area contributed by atoms with E-state index in [-0.39, 0.29) is 22.6 Å². The zero-order chi connectivity index (χ0) is 15.6. The molecular weight excluding hydrogens is 278 g/mol. The van der Waals surface area contributed by atoms with Crippen LogP contribution < -0.4 is 5.32 Å². The van der Waals surface area contributed by atoms with Gasteiger partial charge in [-0.15, -0.1) is 0 Å². The summed E-state index contributed by atoms with van der Waals surface area (Å²) >= 11 is 0. The van der Waals surface area contributed by atoms with E-state index in [1.807, 2.05) is 0 Å². The summed E-state index contributed by atoms with van der Waals surface area (Å²) in [6.45, 7) is 0. The Morgan fingerprint density at radius 1 is 0.952 bits per heavy atom.